The van der Waals surface area contributed by atoms with Crippen molar-refractivity contribution in [1.29, 1.82) is 0 Å². The predicted molar refractivity (Wildman–Crippen MR) is 110 cm³/mol. The minimum absolute atomic E-state index is 0.0669. The monoisotopic (exact) mass is 395 g/mol. The molecule has 2 amide bonds. The van der Waals surface area contributed by atoms with E-state index in [9.17, 15) is 9.59 Å². The van der Waals surface area contributed by atoms with Crippen LogP contribution in [0.2, 0.25) is 0 Å². The van der Waals surface area contributed by atoms with E-state index in [1.165, 1.54) is 0 Å². The van der Waals surface area contributed by atoms with E-state index < -0.39 is 5.92 Å². The van der Waals surface area contributed by atoms with Gasteiger partial charge < -0.3 is 25.0 Å². The minimum Gasteiger partial charge on any atom is -0.486 e. The lowest BCUT2D eigenvalue weighted by molar-refractivity contribution is -0.122. The first kappa shape index (κ1) is 19.3. The topological polar surface area (TPSA) is 79.9 Å². The quantitative estimate of drug-likeness (QED) is 0.786. The number of para-hydroxylation sites is 1. The molecule has 2 aliphatic heterocycles. The highest BCUT2D eigenvalue weighted by molar-refractivity contribution is 6.03. The van der Waals surface area contributed by atoms with Crippen LogP contribution in [0.25, 0.3) is 0 Å². The number of nitrogens with one attached hydrogen (secondary N) is 2. The predicted octanol–water partition coefficient (Wildman–Crippen LogP) is 2.56. The van der Waals surface area contributed by atoms with Crippen molar-refractivity contribution in [3.05, 3.63) is 48.0 Å². The van der Waals surface area contributed by atoms with Crippen molar-refractivity contribution in [2.45, 2.75) is 19.9 Å². The molecule has 1 fully saturated rings. The van der Waals surface area contributed by atoms with Gasteiger partial charge in [-0.3, -0.25) is 9.59 Å². The van der Waals surface area contributed by atoms with Crippen LogP contribution >= 0.6 is 0 Å². The summed E-state index contributed by atoms with van der Waals surface area (Å²) in [5.41, 5.74) is 2.53. The third-order valence-electron chi connectivity index (χ3n) is 5.17. The number of benzene rings is 2. The number of anilines is 2. The Bertz CT molecular complexity index is 915. The van der Waals surface area contributed by atoms with E-state index in [1.807, 2.05) is 43.3 Å². The Morgan fingerprint density at radius 3 is 2.76 bits per heavy atom. The molecule has 29 heavy (non-hydrogen) atoms. The first-order valence-electron chi connectivity index (χ1n) is 9.95. The van der Waals surface area contributed by atoms with E-state index in [0.29, 0.717) is 37.8 Å². The first-order valence-corrected chi connectivity index (χ1v) is 9.95. The summed E-state index contributed by atoms with van der Waals surface area (Å²) in [7, 11) is 0. The zero-order chi connectivity index (χ0) is 20.2. The van der Waals surface area contributed by atoms with E-state index in [0.717, 1.165) is 23.5 Å². The fourth-order valence-corrected chi connectivity index (χ4v) is 3.62. The lowest BCUT2D eigenvalue weighted by Crippen LogP contribution is -2.28. The summed E-state index contributed by atoms with van der Waals surface area (Å²) >= 11 is 0. The van der Waals surface area contributed by atoms with Crippen LogP contribution in [0.4, 0.5) is 11.4 Å². The number of carbonyl (C=O) groups is 2. The molecule has 0 bridgehead atoms. The average Bonchev–Trinajstić information content (AvgIpc) is 3.14. The van der Waals surface area contributed by atoms with Crippen LogP contribution in [0.1, 0.15) is 18.9 Å². The van der Waals surface area contributed by atoms with Crippen LogP contribution < -0.4 is 25.0 Å². The second kappa shape index (κ2) is 8.53. The van der Waals surface area contributed by atoms with Crippen molar-refractivity contribution in [2.24, 2.45) is 5.92 Å². The largest absolute Gasteiger partial charge is 0.486 e. The van der Waals surface area contributed by atoms with E-state index >= 15 is 0 Å². The molecule has 2 N–H and O–H groups in total. The lowest BCUT2D eigenvalue weighted by atomic mass is 10.1. The van der Waals surface area contributed by atoms with E-state index in [4.69, 9.17) is 9.47 Å². The highest BCUT2D eigenvalue weighted by atomic mass is 16.6. The molecule has 7 nitrogen and oxygen atoms in total. The molecule has 0 aliphatic carbocycles. The molecule has 1 saturated heterocycles. The summed E-state index contributed by atoms with van der Waals surface area (Å²) < 4.78 is 11.1. The van der Waals surface area contributed by atoms with Crippen LogP contribution in [0.5, 0.6) is 11.5 Å². The summed E-state index contributed by atoms with van der Waals surface area (Å²) in [6.07, 6.45) is 0.190. The Hall–Kier alpha value is -3.06. The Balaban J connectivity index is 1.45. The molecular formula is C22H25N3O4. The number of nitrogens with zero attached hydrogens (tertiary/aromatic N) is 1. The molecule has 1 atom stereocenters. The highest BCUT2D eigenvalue weighted by Crippen LogP contribution is 2.36. The molecule has 2 aromatic carbocycles. The average molecular weight is 395 g/mol. The van der Waals surface area contributed by atoms with Crippen molar-refractivity contribution >= 4 is 23.2 Å². The van der Waals surface area contributed by atoms with Crippen LogP contribution in [0.15, 0.2) is 42.5 Å². The van der Waals surface area contributed by atoms with Crippen molar-refractivity contribution in [3.8, 4) is 11.5 Å². The summed E-state index contributed by atoms with van der Waals surface area (Å²) in [5, 5.41) is 6.27. The maximum atomic E-state index is 12.8. The van der Waals surface area contributed by atoms with Gasteiger partial charge in [-0.25, -0.2) is 0 Å². The highest BCUT2D eigenvalue weighted by Gasteiger charge is 2.35. The first-order chi connectivity index (χ1) is 14.2. The van der Waals surface area contributed by atoms with E-state index in [1.54, 1.807) is 11.0 Å². The molecule has 0 radical (unpaired) electrons. The molecule has 7 heteroatoms. The minimum atomic E-state index is -0.400. The van der Waals surface area contributed by atoms with Crippen molar-refractivity contribution < 1.29 is 19.1 Å². The van der Waals surface area contributed by atoms with Gasteiger partial charge in [0.25, 0.3) is 0 Å². The Morgan fingerprint density at radius 2 is 1.93 bits per heavy atom. The smallest absolute Gasteiger partial charge is 0.229 e. The second-order valence-corrected chi connectivity index (χ2v) is 7.16. The van der Waals surface area contributed by atoms with Crippen molar-refractivity contribution in [3.63, 3.8) is 0 Å². The molecule has 4 rings (SSSR count). The standard InChI is InChI=1S/C22H25N3O4/c1-2-23-13-15-5-3-4-6-18(15)24-22(27)16-11-21(26)25(14-16)17-7-8-19-20(12-17)29-10-9-28-19/h3-8,12,16,23H,2,9-11,13-14H2,1H3,(H,24,27). The summed E-state index contributed by atoms with van der Waals surface area (Å²) in [6, 6.07) is 13.2. The SMILES string of the molecule is CCNCc1ccccc1NC(=O)C1CC(=O)N(c2ccc3c(c2)OCCO3)C1. The summed E-state index contributed by atoms with van der Waals surface area (Å²) in [6.45, 7) is 4.93. The van der Waals surface area contributed by atoms with Crippen LogP contribution in [0, 0.1) is 5.92 Å². The van der Waals surface area contributed by atoms with Crippen LogP contribution in [-0.2, 0) is 16.1 Å². The molecule has 2 heterocycles. The summed E-state index contributed by atoms with van der Waals surface area (Å²) in [5.74, 6) is 0.707. The maximum Gasteiger partial charge on any atom is 0.229 e. The zero-order valence-electron chi connectivity index (χ0n) is 16.4. The normalized spacial score (nSPS) is 18.0. The van der Waals surface area contributed by atoms with Gasteiger partial charge in [0.05, 0.1) is 5.92 Å². The van der Waals surface area contributed by atoms with Gasteiger partial charge in [0.2, 0.25) is 11.8 Å². The van der Waals surface area contributed by atoms with E-state index in [-0.39, 0.29) is 18.2 Å². The van der Waals surface area contributed by atoms with Gasteiger partial charge in [0, 0.05) is 37.0 Å². The van der Waals surface area contributed by atoms with Crippen LogP contribution in [0.3, 0.4) is 0 Å². The molecule has 2 aliphatic rings. The van der Waals surface area contributed by atoms with Gasteiger partial charge in [-0.15, -0.1) is 0 Å². The van der Waals surface area contributed by atoms with Gasteiger partial charge in [-0.2, -0.15) is 0 Å². The Labute approximate surface area is 170 Å². The Kier molecular flexibility index (Phi) is 5.67. The number of hydrogen-bond donors (Lipinski definition) is 2. The number of fused-ring (bicyclic) bond motifs is 1. The number of carbonyl (C=O) groups excluding carboxylic acids is 2. The van der Waals surface area contributed by atoms with Crippen LogP contribution in [-0.4, -0.2) is 38.1 Å². The number of rotatable bonds is 6. The zero-order valence-corrected chi connectivity index (χ0v) is 16.4. The van der Waals surface area contributed by atoms with Gasteiger partial charge >= 0.3 is 0 Å². The number of amides is 2. The molecule has 152 valence electrons. The molecular weight excluding hydrogens is 370 g/mol. The molecule has 0 spiro atoms. The Morgan fingerprint density at radius 1 is 1.14 bits per heavy atom. The fourth-order valence-electron chi connectivity index (χ4n) is 3.62. The molecule has 2 aromatic rings. The number of hydrogen-bond acceptors (Lipinski definition) is 5. The van der Waals surface area contributed by atoms with E-state index in [2.05, 4.69) is 10.6 Å². The maximum absolute atomic E-state index is 12.8. The van der Waals surface area contributed by atoms with Crippen molar-refractivity contribution in [1.82, 2.24) is 5.32 Å². The van der Waals surface area contributed by atoms with Crippen molar-refractivity contribution in [2.75, 3.05) is 36.5 Å². The fraction of sp³-hybridized carbons (Fsp3) is 0.364. The summed E-state index contributed by atoms with van der Waals surface area (Å²) in [4.78, 5) is 27.1. The van der Waals surface area contributed by atoms with Gasteiger partial charge in [-0.1, -0.05) is 25.1 Å². The molecule has 1 unspecified atom stereocenters. The lowest BCUT2D eigenvalue weighted by Gasteiger charge is -2.22. The van der Waals surface area contributed by atoms with Gasteiger partial charge in [-0.05, 0) is 30.3 Å². The third kappa shape index (κ3) is 4.19. The second-order valence-electron chi connectivity index (χ2n) is 7.16. The third-order valence-corrected chi connectivity index (χ3v) is 5.17. The molecule has 0 saturated carbocycles. The van der Waals surface area contributed by atoms with Gasteiger partial charge in [0.1, 0.15) is 13.2 Å². The van der Waals surface area contributed by atoms with Gasteiger partial charge in [0.15, 0.2) is 11.5 Å². The molecule has 0 aromatic heterocycles. The number of ether oxygens (including phenoxy) is 2.